The molecule has 1 aromatic carbocycles. The summed E-state index contributed by atoms with van der Waals surface area (Å²) in [6.45, 7) is 2.89. The molecule has 1 atom stereocenters. The van der Waals surface area contributed by atoms with E-state index in [0.29, 0.717) is 23.3 Å². The van der Waals surface area contributed by atoms with Gasteiger partial charge in [0.15, 0.2) is 0 Å². The van der Waals surface area contributed by atoms with Gasteiger partial charge in [-0.2, -0.15) is 10.1 Å². The van der Waals surface area contributed by atoms with Crippen LogP contribution in [0, 0.1) is 5.92 Å². The summed E-state index contributed by atoms with van der Waals surface area (Å²) in [6, 6.07) is 9.87. The van der Waals surface area contributed by atoms with E-state index in [2.05, 4.69) is 17.3 Å². The average Bonchev–Trinajstić information content (AvgIpc) is 2.68. The second kappa shape index (κ2) is 10.8. The van der Waals surface area contributed by atoms with Crippen molar-refractivity contribution >= 4 is 28.7 Å². The van der Waals surface area contributed by atoms with Crippen LogP contribution in [0.15, 0.2) is 47.4 Å². The molecule has 5 nitrogen and oxygen atoms in total. The minimum absolute atomic E-state index is 0.241. The van der Waals surface area contributed by atoms with Crippen LogP contribution < -0.4 is 16.1 Å². The van der Waals surface area contributed by atoms with Gasteiger partial charge in [0, 0.05) is 7.05 Å². The van der Waals surface area contributed by atoms with Crippen LogP contribution in [0.1, 0.15) is 45.4 Å². The summed E-state index contributed by atoms with van der Waals surface area (Å²) in [5.41, 5.74) is 7.06. The van der Waals surface area contributed by atoms with Gasteiger partial charge < -0.3 is 15.8 Å². The number of hydrazone groups is 1. The zero-order chi connectivity index (χ0) is 18.8. The number of anilines is 1. The number of nitrogens with one attached hydrogen (secondary N) is 1. The number of hydrogen-bond acceptors (Lipinski definition) is 5. The van der Waals surface area contributed by atoms with Crippen LogP contribution in [0.4, 0.5) is 5.69 Å². The van der Waals surface area contributed by atoms with E-state index in [1.165, 1.54) is 32.1 Å². The van der Waals surface area contributed by atoms with Crippen molar-refractivity contribution in [3.8, 4) is 0 Å². The lowest BCUT2D eigenvalue weighted by Gasteiger charge is -2.29. The van der Waals surface area contributed by atoms with Crippen molar-refractivity contribution in [3.63, 3.8) is 0 Å². The van der Waals surface area contributed by atoms with Gasteiger partial charge in [0.1, 0.15) is 5.84 Å². The van der Waals surface area contributed by atoms with Crippen molar-refractivity contribution in [2.24, 2.45) is 16.8 Å². The molecule has 0 aliphatic carbocycles. The first-order valence-electron chi connectivity index (χ1n) is 9.42. The molecule has 0 radical (unpaired) electrons. The van der Waals surface area contributed by atoms with E-state index in [1.807, 2.05) is 36.4 Å². The van der Waals surface area contributed by atoms with Gasteiger partial charge in [0.05, 0.1) is 23.2 Å². The summed E-state index contributed by atoms with van der Waals surface area (Å²) >= 11 is 5.36. The molecule has 0 aromatic heterocycles. The second-order valence-electron chi connectivity index (χ2n) is 6.39. The van der Waals surface area contributed by atoms with Crippen molar-refractivity contribution in [3.05, 3.63) is 42.3 Å². The molecular formula is C20H30N4OS. The Morgan fingerprint density at radius 3 is 2.58 bits per heavy atom. The van der Waals surface area contributed by atoms with Gasteiger partial charge in [-0.15, -0.1) is 0 Å². The van der Waals surface area contributed by atoms with E-state index in [-0.39, 0.29) is 5.92 Å². The standard InChI is InChI=1S/C20H30N4OS/c1-3-4-5-6-7-11-14-25-18-15-17(20(26)22-2)19(21)23-24(18)16-12-9-8-10-13-16/h8-10,12-13,15,17H,3-7,11,14H2,1-2H3,(H2,21,23)(H,22,26). The van der Waals surface area contributed by atoms with Crippen molar-refractivity contribution in [2.75, 3.05) is 18.7 Å². The van der Waals surface area contributed by atoms with Crippen LogP contribution >= 0.6 is 12.2 Å². The highest BCUT2D eigenvalue weighted by molar-refractivity contribution is 7.80. The summed E-state index contributed by atoms with van der Waals surface area (Å²) in [7, 11) is 1.80. The second-order valence-corrected chi connectivity index (χ2v) is 6.83. The maximum atomic E-state index is 6.15. The molecule has 0 bridgehead atoms. The van der Waals surface area contributed by atoms with Crippen molar-refractivity contribution in [1.82, 2.24) is 5.32 Å². The number of unbranched alkanes of at least 4 members (excludes halogenated alkanes) is 5. The highest BCUT2D eigenvalue weighted by atomic mass is 32.1. The molecule has 0 amide bonds. The van der Waals surface area contributed by atoms with Gasteiger partial charge in [-0.3, -0.25) is 0 Å². The summed E-state index contributed by atoms with van der Waals surface area (Å²) in [5.74, 6) is 0.899. The molecule has 3 N–H and O–H groups in total. The number of nitrogens with two attached hydrogens (primary N) is 1. The predicted molar refractivity (Wildman–Crippen MR) is 113 cm³/mol. The molecule has 1 heterocycles. The van der Waals surface area contributed by atoms with Crippen LogP contribution in [0.25, 0.3) is 0 Å². The lowest BCUT2D eigenvalue weighted by molar-refractivity contribution is 0.195. The monoisotopic (exact) mass is 374 g/mol. The molecule has 2 rings (SSSR count). The Hall–Kier alpha value is -2.08. The summed E-state index contributed by atoms with van der Waals surface area (Å²) < 4.78 is 6.07. The fraction of sp³-hybridized carbons (Fsp3) is 0.500. The van der Waals surface area contributed by atoms with Crippen LogP contribution in [0.5, 0.6) is 0 Å². The molecule has 1 aromatic rings. The number of thiocarbonyl (C=S) groups is 1. The number of para-hydroxylation sites is 1. The Morgan fingerprint density at radius 1 is 1.19 bits per heavy atom. The molecule has 0 spiro atoms. The SMILES string of the molecule is CCCCCCCCOC1=CC(C(=S)NC)C(N)=NN1c1ccccc1. The molecule has 1 unspecified atom stereocenters. The number of nitrogens with zero attached hydrogens (tertiary/aromatic N) is 2. The maximum absolute atomic E-state index is 6.15. The maximum Gasteiger partial charge on any atom is 0.212 e. The topological polar surface area (TPSA) is 62.9 Å². The minimum atomic E-state index is -0.241. The van der Waals surface area contributed by atoms with Crippen molar-refractivity contribution < 1.29 is 4.74 Å². The Balaban J connectivity index is 2.03. The van der Waals surface area contributed by atoms with Gasteiger partial charge >= 0.3 is 0 Å². The van der Waals surface area contributed by atoms with Gasteiger partial charge in [-0.1, -0.05) is 69.4 Å². The van der Waals surface area contributed by atoms with E-state index in [4.69, 9.17) is 22.7 Å². The first kappa shape index (κ1) is 20.2. The van der Waals surface area contributed by atoms with Crippen LogP contribution in [-0.4, -0.2) is 24.5 Å². The van der Waals surface area contributed by atoms with Crippen LogP contribution in [-0.2, 0) is 4.74 Å². The molecule has 6 heteroatoms. The highest BCUT2D eigenvalue weighted by Gasteiger charge is 2.26. The quantitative estimate of drug-likeness (QED) is 0.476. The molecule has 26 heavy (non-hydrogen) atoms. The van der Waals surface area contributed by atoms with E-state index in [0.717, 1.165) is 12.1 Å². The van der Waals surface area contributed by atoms with E-state index < -0.39 is 0 Å². The summed E-state index contributed by atoms with van der Waals surface area (Å²) in [4.78, 5) is 0.639. The lowest BCUT2D eigenvalue weighted by Crippen LogP contribution is -2.40. The Kier molecular flexibility index (Phi) is 8.41. The predicted octanol–water partition coefficient (Wildman–Crippen LogP) is 4.16. The van der Waals surface area contributed by atoms with Gasteiger partial charge in [0.2, 0.25) is 5.88 Å². The average molecular weight is 375 g/mol. The summed E-state index contributed by atoms with van der Waals surface area (Å²) in [6.07, 6.45) is 9.30. The van der Waals surface area contributed by atoms with Crippen LogP contribution in [0.2, 0.25) is 0 Å². The molecule has 142 valence electrons. The third-order valence-electron chi connectivity index (χ3n) is 4.33. The number of benzene rings is 1. The molecule has 1 aliphatic rings. The third kappa shape index (κ3) is 5.73. The fourth-order valence-electron chi connectivity index (χ4n) is 2.81. The highest BCUT2D eigenvalue weighted by Crippen LogP contribution is 2.26. The Labute approximate surface area is 162 Å². The van der Waals surface area contributed by atoms with E-state index in [1.54, 1.807) is 12.1 Å². The summed E-state index contributed by atoms with van der Waals surface area (Å²) in [5, 5.41) is 9.27. The number of rotatable bonds is 10. The fourth-order valence-corrected chi connectivity index (χ4v) is 3.00. The molecule has 0 fully saturated rings. The Bertz CT molecular complexity index is 630. The molecule has 0 saturated carbocycles. The minimum Gasteiger partial charge on any atom is -0.478 e. The smallest absolute Gasteiger partial charge is 0.212 e. The zero-order valence-corrected chi connectivity index (χ0v) is 16.6. The lowest BCUT2D eigenvalue weighted by atomic mass is 10.1. The van der Waals surface area contributed by atoms with Gasteiger partial charge in [-0.05, 0) is 24.6 Å². The first-order chi connectivity index (χ1) is 12.7. The Morgan fingerprint density at radius 2 is 1.88 bits per heavy atom. The van der Waals surface area contributed by atoms with E-state index >= 15 is 0 Å². The van der Waals surface area contributed by atoms with Gasteiger partial charge in [-0.25, -0.2) is 0 Å². The van der Waals surface area contributed by atoms with E-state index in [9.17, 15) is 0 Å². The third-order valence-corrected chi connectivity index (χ3v) is 4.79. The van der Waals surface area contributed by atoms with Crippen LogP contribution in [0.3, 0.4) is 0 Å². The molecular weight excluding hydrogens is 344 g/mol. The number of amidine groups is 1. The van der Waals surface area contributed by atoms with Crippen molar-refractivity contribution in [2.45, 2.75) is 45.4 Å². The largest absolute Gasteiger partial charge is 0.478 e. The van der Waals surface area contributed by atoms with Gasteiger partial charge in [0.25, 0.3) is 0 Å². The molecule has 1 aliphatic heterocycles. The number of hydrogen-bond donors (Lipinski definition) is 2. The molecule has 0 saturated heterocycles. The normalized spacial score (nSPS) is 16.7. The number of ether oxygens (including phenoxy) is 1. The first-order valence-corrected chi connectivity index (χ1v) is 9.83. The zero-order valence-electron chi connectivity index (χ0n) is 15.8. The van der Waals surface area contributed by atoms with Crippen molar-refractivity contribution in [1.29, 1.82) is 0 Å².